The van der Waals surface area contributed by atoms with E-state index in [1.165, 1.54) is 72.8 Å². The largest absolute Gasteiger partial charge is 0.340 e. The van der Waals surface area contributed by atoms with Gasteiger partial charge in [0.1, 0.15) is 0 Å². The van der Waals surface area contributed by atoms with Gasteiger partial charge in [-0.15, -0.1) is 0 Å². The smallest absolute Gasteiger partial charge is 0.0491 e. The molecule has 0 spiro atoms. The molecule has 0 unspecified atom stereocenters. The van der Waals surface area contributed by atoms with Gasteiger partial charge in [-0.1, -0.05) is 44.0 Å². The van der Waals surface area contributed by atoms with Crippen LogP contribution in [0.2, 0.25) is 0 Å². The maximum atomic E-state index is 2.58. The molecule has 0 bridgehead atoms. The summed E-state index contributed by atoms with van der Waals surface area (Å²) in [5.74, 6) is 0. The lowest BCUT2D eigenvalue weighted by molar-refractivity contribution is 0.148. The lowest BCUT2D eigenvalue weighted by Crippen LogP contribution is -2.43. The summed E-state index contributed by atoms with van der Waals surface area (Å²) in [6.07, 6.45) is 3.83. The third-order valence-electron chi connectivity index (χ3n) is 5.82. The fourth-order valence-electron chi connectivity index (χ4n) is 4.22. The number of nitrogens with zero attached hydrogens (tertiary/aromatic N) is 3. The minimum Gasteiger partial charge on any atom is -0.340 e. The van der Waals surface area contributed by atoms with Gasteiger partial charge in [0.2, 0.25) is 0 Å². The van der Waals surface area contributed by atoms with Crippen LogP contribution in [0.5, 0.6) is 0 Å². The summed E-state index contributed by atoms with van der Waals surface area (Å²) in [6, 6.07) is 16.0. The number of piperazine rings is 1. The van der Waals surface area contributed by atoms with Crippen molar-refractivity contribution in [3.05, 3.63) is 48.0 Å². The molecular formula is C23H31N3. The van der Waals surface area contributed by atoms with Gasteiger partial charge in [0.15, 0.2) is 0 Å². The average Bonchev–Trinajstić information content (AvgIpc) is 2.98. The number of para-hydroxylation sites is 1. The number of hydrogen-bond donors (Lipinski definition) is 0. The number of hydrogen-bond acceptors (Lipinski definition) is 2. The number of rotatable bonds is 6. The van der Waals surface area contributed by atoms with Crippen molar-refractivity contribution in [1.82, 2.24) is 14.4 Å². The SMILES string of the molecule is CCCCCn1c2ccccc2c2cc(CN3CCN(C)CC3)ccc21. The molecule has 0 amide bonds. The average molecular weight is 350 g/mol. The van der Waals surface area contributed by atoms with Crippen LogP contribution < -0.4 is 0 Å². The van der Waals surface area contributed by atoms with Crippen LogP contribution in [0, 0.1) is 0 Å². The molecule has 2 aromatic carbocycles. The van der Waals surface area contributed by atoms with Gasteiger partial charge in [-0.3, -0.25) is 4.90 Å². The summed E-state index contributed by atoms with van der Waals surface area (Å²) in [5.41, 5.74) is 4.22. The summed E-state index contributed by atoms with van der Waals surface area (Å²) in [5, 5.41) is 2.82. The van der Waals surface area contributed by atoms with Crippen LogP contribution in [0.1, 0.15) is 31.7 Å². The van der Waals surface area contributed by atoms with E-state index in [9.17, 15) is 0 Å². The molecule has 1 fully saturated rings. The molecule has 2 heterocycles. The Labute approximate surface area is 157 Å². The Morgan fingerprint density at radius 2 is 1.62 bits per heavy atom. The van der Waals surface area contributed by atoms with E-state index >= 15 is 0 Å². The van der Waals surface area contributed by atoms with Crippen molar-refractivity contribution in [2.24, 2.45) is 0 Å². The van der Waals surface area contributed by atoms with Gasteiger partial charge >= 0.3 is 0 Å². The molecule has 0 N–H and O–H groups in total. The van der Waals surface area contributed by atoms with E-state index in [0.717, 1.165) is 13.1 Å². The minimum absolute atomic E-state index is 1.07. The molecule has 1 aliphatic rings. The van der Waals surface area contributed by atoms with Crippen LogP contribution in [0.15, 0.2) is 42.5 Å². The summed E-state index contributed by atoms with van der Waals surface area (Å²) >= 11 is 0. The van der Waals surface area contributed by atoms with Crippen molar-refractivity contribution in [2.75, 3.05) is 33.2 Å². The zero-order chi connectivity index (χ0) is 17.9. The van der Waals surface area contributed by atoms with Crippen molar-refractivity contribution in [2.45, 2.75) is 39.3 Å². The second kappa shape index (κ2) is 7.81. The number of unbranched alkanes of at least 4 members (excludes halogenated alkanes) is 2. The summed E-state index contributed by atoms with van der Waals surface area (Å²) in [4.78, 5) is 5.01. The van der Waals surface area contributed by atoms with Crippen LogP contribution >= 0.6 is 0 Å². The molecule has 26 heavy (non-hydrogen) atoms. The Morgan fingerprint density at radius 1 is 0.846 bits per heavy atom. The number of benzene rings is 2. The molecule has 3 nitrogen and oxygen atoms in total. The predicted octanol–water partition coefficient (Wildman–Crippen LogP) is 4.73. The van der Waals surface area contributed by atoms with Gasteiger partial charge in [0.05, 0.1) is 0 Å². The fraction of sp³-hybridized carbons (Fsp3) is 0.478. The Bertz CT molecular complexity index is 872. The first-order valence-electron chi connectivity index (χ1n) is 10.2. The maximum Gasteiger partial charge on any atom is 0.0491 e. The first-order chi connectivity index (χ1) is 12.8. The zero-order valence-electron chi connectivity index (χ0n) is 16.2. The molecule has 0 atom stereocenters. The van der Waals surface area contributed by atoms with E-state index in [0.29, 0.717) is 0 Å². The van der Waals surface area contributed by atoms with Gasteiger partial charge < -0.3 is 9.47 Å². The molecule has 1 aliphatic heterocycles. The molecule has 1 aromatic heterocycles. The summed E-state index contributed by atoms with van der Waals surface area (Å²) < 4.78 is 2.53. The molecule has 0 saturated carbocycles. The Hall–Kier alpha value is -1.84. The van der Waals surface area contributed by atoms with E-state index in [4.69, 9.17) is 0 Å². The van der Waals surface area contributed by atoms with Crippen LogP contribution in [0.25, 0.3) is 21.8 Å². The molecule has 4 rings (SSSR count). The van der Waals surface area contributed by atoms with Crippen LogP contribution in [-0.2, 0) is 13.1 Å². The quantitative estimate of drug-likeness (QED) is 0.596. The third-order valence-corrected chi connectivity index (χ3v) is 5.82. The Balaban J connectivity index is 1.65. The second-order valence-corrected chi connectivity index (χ2v) is 7.81. The first-order valence-corrected chi connectivity index (χ1v) is 10.2. The number of aryl methyl sites for hydroxylation is 1. The van der Waals surface area contributed by atoms with Gasteiger partial charge in [0.25, 0.3) is 0 Å². The second-order valence-electron chi connectivity index (χ2n) is 7.81. The van der Waals surface area contributed by atoms with Crippen LogP contribution in [0.4, 0.5) is 0 Å². The maximum absolute atomic E-state index is 2.58. The molecule has 1 saturated heterocycles. The highest BCUT2D eigenvalue weighted by Gasteiger charge is 2.15. The number of aromatic nitrogens is 1. The van der Waals surface area contributed by atoms with Crippen molar-refractivity contribution in [3.63, 3.8) is 0 Å². The molecule has 0 aliphatic carbocycles. The monoisotopic (exact) mass is 349 g/mol. The molecule has 0 radical (unpaired) electrons. The number of fused-ring (bicyclic) bond motifs is 3. The topological polar surface area (TPSA) is 11.4 Å². The standard InChI is InChI=1S/C23H31N3/c1-3-4-7-12-26-22-9-6-5-8-20(22)21-17-19(10-11-23(21)26)18-25-15-13-24(2)14-16-25/h5-6,8-11,17H,3-4,7,12-16,18H2,1-2H3. The lowest BCUT2D eigenvalue weighted by atomic mass is 10.1. The minimum atomic E-state index is 1.07. The fourth-order valence-corrected chi connectivity index (χ4v) is 4.22. The van der Waals surface area contributed by atoms with Crippen molar-refractivity contribution >= 4 is 21.8 Å². The first kappa shape index (κ1) is 17.6. The van der Waals surface area contributed by atoms with E-state index < -0.39 is 0 Å². The van der Waals surface area contributed by atoms with Gasteiger partial charge in [0, 0.05) is 61.1 Å². The number of likely N-dealkylation sites (N-methyl/N-ethyl adjacent to an activating group) is 1. The van der Waals surface area contributed by atoms with E-state index in [-0.39, 0.29) is 0 Å². The van der Waals surface area contributed by atoms with E-state index in [2.05, 4.69) is 70.8 Å². The highest BCUT2D eigenvalue weighted by Crippen LogP contribution is 2.30. The Morgan fingerprint density at radius 3 is 2.42 bits per heavy atom. The van der Waals surface area contributed by atoms with Gasteiger partial charge in [-0.25, -0.2) is 0 Å². The highest BCUT2D eigenvalue weighted by atomic mass is 15.2. The molecule has 138 valence electrons. The normalized spacial score (nSPS) is 16.7. The van der Waals surface area contributed by atoms with Crippen molar-refractivity contribution in [3.8, 4) is 0 Å². The van der Waals surface area contributed by atoms with E-state index in [1.54, 1.807) is 0 Å². The predicted molar refractivity (Wildman–Crippen MR) is 112 cm³/mol. The highest BCUT2D eigenvalue weighted by molar-refractivity contribution is 6.08. The Kier molecular flexibility index (Phi) is 5.28. The van der Waals surface area contributed by atoms with Crippen molar-refractivity contribution in [1.29, 1.82) is 0 Å². The van der Waals surface area contributed by atoms with Gasteiger partial charge in [-0.05, 0) is 37.2 Å². The third kappa shape index (κ3) is 3.51. The summed E-state index contributed by atoms with van der Waals surface area (Å²) in [6.45, 7) is 9.17. The van der Waals surface area contributed by atoms with Crippen LogP contribution in [0.3, 0.4) is 0 Å². The molecular weight excluding hydrogens is 318 g/mol. The van der Waals surface area contributed by atoms with E-state index in [1.807, 2.05) is 0 Å². The zero-order valence-corrected chi connectivity index (χ0v) is 16.2. The summed E-state index contributed by atoms with van der Waals surface area (Å²) in [7, 11) is 2.22. The van der Waals surface area contributed by atoms with Crippen LogP contribution in [-0.4, -0.2) is 47.6 Å². The lowest BCUT2D eigenvalue weighted by Gasteiger charge is -2.32. The molecule has 3 heteroatoms. The van der Waals surface area contributed by atoms with Gasteiger partial charge in [-0.2, -0.15) is 0 Å². The van der Waals surface area contributed by atoms with Crippen molar-refractivity contribution < 1.29 is 0 Å². The molecule has 3 aromatic rings.